The molecule has 1 atom stereocenters. The molecule has 5 nitrogen and oxygen atoms in total. The summed E-state index contributed by atoms with van der Waals surface area (Å²) < 4.78 is 45.1. The Morgan fingerprint density at radius 2 is 1.88 bits per heavy atom. The van der Waals surface area contributed by atoms with Gasteiger partial charge < -0.3 is 10.1 Å². The van der Waals surface area contributed by atoms with Crippen molar-refractivity contribution >= 4 is 12.0 Å². The minimum atomic E-state index is -0.778. The summed E-state index contributed by atoms with van der Waals surface area (Å²) >= 11 is 0. The molecule has 2 aromatic rings. The molecule has 1 N–H and O–H groups in total. The Bertz CT molecular complexity index is 873. The Labute approximate surface area is 147 Å². The van der Waals surface area contributed by atoms with E-state index in [-0.39, 0.29) is 24.4 Å². The minimum absolute atomic E-state index is 0.0125. The molecule has 0 spiro atoms. The van der Waals surface area contributed by atoms with E-state index in [0.717, 1.165) is 17.0 Å². The lowest BCUT2D eigenvalue weighted by molar-refractivity contribution is -0.122. The first-order valence-electron chi connectivity index (χ1n) is 7.83. The van der Waals surface area contributed by atoms with Gasteiger partial charge in [-0.3, -0.25) is 9.69 Å². The van der Waals surface area contributed by atoms with Crippen LogP contribution in [0.3, 0.4) is 0 Å². The van der Waals surface area contributed by atoms with Gasteiger partial charge in [-0.15, -0.1) is 0 Å². The number of nitrogens with zero attached hydrogens (tertiary/aromatic N) is 1. The molecule has 0 fully saturated rings. The van der Waals surface area contributed by atoms with Gasteiger partial charge in [0.25, 0.3) is 0 Å². The molecular formula is C18H15F3N2O3. The van der Waals surface area contributed by atoms with E-state index in [1.54, 1.807) is 0 Å². The maximum absolute atomic E-state index is 13.8. The Balaban J connectivity index is 1.65. The molecule has 0 aromatic heterocycles. The largest absolute Gasteiger partial charge is 0.416 e. The van der Waals surface area contributed by atoms with Gasteiger partial charge in [0, 0.05) is 17.2 Å². The molecule has 0 aliphatic carbocycles. The highest BCUT2D eigenvalue weighted by molar-refractivity contribution is 5.84. The van der Waals surface area contributed by atoms with Gasteiger partial charge in [-0.2, -0.15) is 0 Å². The van der Waals surface area contributed by atoms with Crippen LogP contribution in [0, 0.1) is 17.5 Å². The Kier molecular flexibility index (Phi) is 4.83. The Morgan fingerprint density at radius 3 is 2.62 bits per heavy atom. The molecule has 0 bridgehead atoms. The maximum atomic E-state index is 13.8. The van der Waals surface area contributed by atoms with Gasteiger partial charge in [-0.1, -0.05) is 6.07 Å². The SMILES string of the molecule is C[C@H](NC(=O)CN1Cc2cc(F)ccc2OC1=O)c1ccc(F)cc1F. The Hall–Kier alpha value is -3.03. The highest BCUT2D eigenvalue weighted by Gasteiger charge is 2.27. The van der Waals surface area contributed by atoms with Crippen LogP contribution in [0.25, 0.3) is 0 Å². The summed E-state index contributed by atoms with van der Waals surface area (Å²) in [4.78, 5) is 25.2. The van der Waals surface area contributed by atoms with E-state index in [4.69, 9.17) is 4.74 Å². The van der Waals surface area contributed by atoms with Crippen molar-refractivity contribution in [1.82, 2.24) is 10.2 Å². The van der Waals surface area contributed by atoms with Crippen molar-refractivity contribution in [2.45, 2.75) is 19.5 Å². The number of carbonyl (C=O) groups excluding carboxylic acids is 2. The number of benzene rings is 2. The second kappa shape index (κ2) is 7.07. The number of ether oxygens (including phenoxy) is 1. The van der Waals surface area contributed by atoms with E-state index < -0.39 is 35.5 Å². The van der Waals surface area contributed by atoms with Gasteiger partial charge in [-0.25, -0.2) is 18.0 Å². The van der Waals surface area contributed by atoms with Crippen molar-refractivity contribution < 1.29 is 27.5 Å². The average molecular weight is 364 g/mol. The lowest BCUT2D eigenvalue weighted by Crippen LogP contribution is -2.44. The maximum Gasteiger partial charge on any atom is 0.416 e. The number of hydrogen-bond donors (Lipinski definition) is 1. The van der Waals surface area contributed by atoms with E-state index in [1.807, 2.05) is 0 Å². The quantitative estimate of drug-likeness (QED) is 0.906. The van der Waals surface area contributed by atoms with Gasteiger partial charge >= 0.3 is 6.09 Å². The first-order chi connectivity index (χ1) is 12.3. The number of nitrogens with one attached hydrogen (secondary N) is 1. The third-order valence-corrected chi connectivity index (χ3v) is 3.98. The summed E-state index contributed by atoms with van der Waals surface area (Å²) in [7, 11) is 0. The van der Waals surface area contributed by atoms with Gasteiger partial charge in [-0.05, 0) is 31.2 Å². The highest BCUT2D eigenvalue weighted by atomic mass is 19.1. The molecule has 136 valence electrons. The predicted octanol–water partition coefficient (Wildman–Crippen LogP) is 3.30. The summed E-state index contributed by atoms with van der Waals surface area (Å²) in [5, 5.41) is 2.53. The lowest BCUT2D eigenvalue weighted by atomic mass is 10.1. The topological polar surface area (TPSA) is 58.6 Å². The zero-order valence-corrected chi connectivity index (χ0v) is 13.8. The van der Waals surface area contributed by atoms with Crippen LogP contribution in [0.1, 0.15) is 24.1 Å². The minimum Gasteiger partial charge on any atom is -0.410 e. The van der Waals surface area contributed by atoms with Crippen LogP contribution in [0.15, 0.2) is 36.4 Å². The van der Waals surface area contributed by atoms with E-state index in [9.17, 15) is 22.8 Å². The molecule has 0 saturated heterocycles. The second-order valence-corrected chi connectivity index (χ2v) is 5.93. The lowest BCUT2D eigenvalue weighted by Gasteiger charge is -2.28. The summed E-state index contributed by atoms with van der Waals surface area (Å²) in [6.45, 7) is 1.20. The van der Waals surface area contributed by atoms with E-state index in [0.29, 0.717) is 5.56 Å². The highest BCUT2D eigenvalue weighted by Crippen LogP contribution is 2.26. The van der Waals surface area contributed by atoms with Crippen LogP contribution >= 0.6 is 0 Å². The number of carbonyl (C=O) groups is 2. The first kappa shape index (κ1) is 17.8. The summed E-state index contributed by atoms with van der Waals surface area (Å²) in [6, 6.07) is 6.08. The first-order valence-corrected chi connectivity index (χ1v) is 7.83. The standard InChI is InChI=1S/C18H15F3N2O3/c1-10(14-4-2-13(20)7-15(14)21)22-17(24)9-23-8-11-6-12(19)3-5-16(11)26-18(23)25/h2-7,10H,8-9H2,1H3,(H,22,24)/t10-/m0/s1. The van der Waals surface area contributed by atoms with Crippen LogP contribution in [0.5, 0.6) is 5.75 Å². The molecule has 26 heavy (non-hydrogen) atoms. The van der Waals surface area contributed by atoms with Crippen molar-refractivity contribution in [2.75, 3.05) is 6.54 Å². The molecule has 0 radical (unpaired) electrons. The van der Waals surface area contributed by atoms with Crippen molar-refractivity contribution in [3.63, 3.8) is 0 Å². The van der Waals surface area contributed by atoms with Crippen molar-refractivity contribution in [2.24, 2.45) is 0 Å². The van der Waals surface area contributed by atoms with E-state index in [1.165, 1.54) is 31.2 Å². The molecule has 8 heteroatoms. The van der Waals surface area contributed by atoms with E-state index in [2.05, 4.69) is 5.32 Å². The molecular weight excluding hydrogens is 349 g/mol. The van der Waals surface area contributed by atoms with E-state index >= 15 is 0 Å². The smallest absolute Gasteiger partial charge is 0.410 e. The van der Waals surface area contributed by atoms with Gasteiger partial charge in [0.05, 0.1) is 12.6 Å². The van der Waals surface area contributed by atoms with Crippen LogP contribution in [-0.4, -0.2) is 23.4 Å². The molecule has 2 amide bonds. The van der Waals surface area contributed by atoms with Crippen molar-refractivity contribution in [3.8, 4) is 5.75 Å². The molecule has 1 heterocycles. The normalized spacial score (nSPS) is 14.5. The molecule has 2 aromatic carbocycles. The third kappa shape index (κ3) is 3.79. The van der Waals surface area contributed by atoms with Gasteiger partial charge in [0.1, 0.15) is 29.7 Å². The third-order valence-electron chi connectivity index (χ3n) is 3.98. The molecule has 1 aliphatic rings. The number of hydrogen-bond acceptors (Lipinski definition) is 3. The van der Waals surface area contributed by atoms with Gasteiger partial charge in [0.2, 0.25) is 5.91 Å². The van der Waals surface area contributed by atoms with Gasteiger partial charge in [0.15, 0.2) is 0 Å². The molecule has 1 aliphatic heterocycles. The predicted molar refractivity (Wildman–Crippen MR) is 85.7 cm³/mol. The van der Waals surface area contributed by atoms with Crippen molar-refractivity contribution in [3.05, 3.63) is 65.0 Å². The molecule has 0 unspecified atom stereocenters. The number of halogens is 3. The summed E-state index contributed by atoms with van der Waals surface area (Å²) in [6.07, 6.45) is -0.736. The second-order valence-electron chi connectivity index (χ2n) is 5.93. The zero-order chi connectivity index (χ0) is 18.8. The fourth-order valence-electron chi connectivity index (χ4n) is 2.71. The summed E-state index contributed by atoms with van der Waals surface area (Å²) in [5.74, 6) is -2.29. The van der Waals surface area contributed by atoms with Crippen LogP contribution in [-0.2, 0) is 11.3 Å². The Morgan fingerprint density at radius 1 is 1.19 bits per heavy atom. The number of rotatable bonds is 4. The number of amides is 2. The van der Waals surface area contributed by atoms with Crippen LogP contribution in [0.4, 0.5) is 18.0 Å². The number of fused-ring (bicyclic) bond motifs is 1. The molecule has 0 saturated carbocycles. The average Bonchev–Trinajstić information content (AvgIpc) is 2.55. The zero-order valence-electron chi connectivity index (χ0n) is 13.8. The summed E-state index contributed by atoms with van der Waals surface area (Å²) in [5.41, 5.74) is 0.559. The molecule has 3 rings (SSSR count). The fraction of sp³-hybridized carbons (Fsp3) is 0.222. The van der Waals surface area contributed by atoms with Crippen molar-refractivity contribution in [1.29, 1.82) is 0 Å². The van der Waals surface area contributed by atoms with Crippen LogP contribution < -0.4 is 10.1 Å². The van der Waals surface area contributed by atoms with Crippen LogP contribution in [0.2, 0.25) is 0 Å². The fourth-order valence-corrected chi connectivity index (χ4v) is 2.71. The monoisotopic (exact) mass is 364 g/mol.